The number of hydrogen-bond acceptors (Lipinski definition) is 4. The predicted molar refractivity (Wildman–Crippen MR) is 88.6 cm³/mol. The highest BCUT2D eigenvalue weighted by molar-refractivity contribution is 7.93. The Bertz CT molecular complexity index is 844. The van der Waals surface area contributed by atoms with Gasteiger partial charge in [-0.15, -0.1) is 11.3 Å². The van der Waals surface area contributed by atoms with E-state index in [0.29, 0.717) is 5.13 Å². The van der Waals surface area contributed by atoms with Crippen LogP contribution >= 0.6 is 11.3 Å². The number of rotatable bonds is 5. The summed E-state index contributed by atoms with van der Waals surface area (Å²) in [5.41, 5.74) is 1.17. The van der Waals surface area contributed by atoms with Gasteiger partial charge < -0.3 is 0 Å². The summed E-state index contributed by atoms with van der Waals surface area (Å²) in [6.07, 6.45) is 2.45. The van der Waals surface area contributed by atoms with Crippen molar-refractivity contribution < 1.29 is 8.42 Å². The molecule has 1 N–H and O–H groups in total. The van der Waals surface area contributed by atoms with Gasteiger partial charge in [-0.2, -0.15) is 0 Å². The highest BCUT2D eigenvalue weighted by Crippen LogP contribution is 2.23. The van der Waals surface area contributed by atoms with Crippen molar-refractivity contribution in [3.8, 4) is 0 Å². The number of anilines is 1. The zero-order chi connectivity index (χ0) is 15.4. The van der Waals surface area contributed by atoms with Gasteiger partial charge >= 0.3 is 0 Å². The first-order chi connectivity index (χ1) is 10.6. The third-order valence-corrected chi connectivity index (χ3v) is 5.45. The van der Waals surface area contributed by atoms with Crippen molar-refractivity contribution in [1.29, 1.82) is 0 Å². The molecule has 6 heteroatoms. The number of nitrogens with zero attached hydrogens (tertiary/aromatic N) is 1. The van der Waals surface area contributed by atoms with Crippen LogP contribution in [0.5, 0.6) is 0 Å². The van der Waals surface area contributed by atoms with E-state index in [1.807, 2.05) is 30.3 Å². The topological polar surface area (TPSA) is 59.1 Å². The minimum absolute atomic E-state index is 0.231. The molecule has 0 aliphatic rings. The summed E-state index contributed by atoms with van der Waals surface area (Å²) < 4.78 is 27.0. The summed E-state index contributed by atoms with van der Waals surface area (Å²) in [7, 11) is -3.57. The molecule has 3 rings (SSSR count). The maximum atomic E-state index is 12.2. The van der Waals surface area contributed by atoms with Gasteiger partial charge in [-0.25, -0.2) is 13.4 Å². The van der Waals surface area contributed by atoms with Gasteiger partial charge in [0.25, 0.3) is 10.0 Å². The van der Waals surface area contributed by atoms with Crippen molar-refractivity contribution in [2.45, 2.75) is 11.3 Å². The molecule has 1 heterocycles. The van der Waals surface area contributed by atoms with E-state index in [-0.39, 0.29) is 4.90 Å². The van der Waals surface area contributed by atoms with Gasteiger partial charge in [0.15, 0.2) is 5.13 Å². The van der Waals surface area contributed by atoms with Crippen molar-refractivity contribution in [1.82, 2.24) is 4.98 Å². The molecule has 0 unspecified atom stereocenters. The van der Waals surface area contributed by atoms with Crippen LogP contribution in [0.1, 0.15) is 10.4 Å². The van der Waals surface area contributed by atoms with Crippen molar-refractivity contribution in [3.63, 3.8) is 0 Å². The van der Waals surface area contributed by atoms with E-state index in [2.05, 4.69) is 9.71 Å². The second kappa shape index (κ2) is 6.29. The number of aromatic nitrogens is 1. The molecule has 112 valence electrons. The first-order valence-corrected chi connectivity index (χ1v) is 9.00. The Morgan fingerprint density at radius 1 is 0.955 bits per heavy atom. The second-order valence-electron chi connectivity index (χ2n) is 4.71. The van der Waals surface area contributed by atoms with Crippen molar-refractivity contribution >= 4 is 26.5 Å². The lowest BCUT2D eigenvalue weighted by molar-refractivity contribution is 0.601. The van der Waals surface area contributed by atoms with Gasteiger partial charge in [0.1, 0.15) is 0 Å². The smallest absolute Gasteiger partial charge is 0.255 e. The Kier molecular flexibility index (Phi) is 4.22. The molecule has 1 aromatic heterocycles. The van der Waals surface area contributed by atoms with E-state index in [0.717, 1.165) is 11.3 Å². The largest absolute Gasteiger partial charge is 0.263 e. The molecule has 0 aliphatic heterocycles. The third kappa shape index (κ3) is 3.52. The van der Waals surface area contributed by atoms with Crippen LogP contribution in [0.4, 0.5) is 5.13 Å². The van der Waals surface area contributed by atoms with E-state index in [4.69, 9.17) is 0 Å². The molecule has 0 spiro atoms. The fourth-order valence-electron chi connectivity index (χ4n) is 2.01. The lowest BCUT2D eigenvalue weighted by Crippen LogP contribution is -2.12. The Hall–Kier alpha value is -2.18. The van der Waals surface area contributed by atoms with E-state index < -0.39 is 10.0 Å². The van der Waals surface area contributed by atoms with Crippen LogP contribution in [0.15, 0.2) is 71.8 Å². The zero-order valence-corrected chi connectivity index (χ0v) is 13.3. The molecule has 2 aromatic carbocycles. The number of hydrogen-bond donors (Lipinski definition) is 1. The monoisotopic (exact) mass is 330 g/mol. The summed E-state index contributed by atoms with van der Waals surface area (Å²) in [4.78, 5) is 5.39. The van der Waals surface area contributed by atoms with E-state index in [1.165, 1.54) is 16.9 Å². The highest BCUT2D eigenvalue weighted by atomic mass is 32.2. The summed E-state index contributed by atoms with van der Waals surface area (Å²) in [5, 5.41) is 0.384. The van der Waals surface area contributed by atoms with Crippen LogP contribution in [0.25, 0.3) is 0 Å². The molecule has 0 fully saturated rings. The molecule has 0 saturated carbocycles. The van der Waals surface area contributed by atoms with E-state index in [9.17, 15) is 8.42 Å². The predicted octanol–water partition coefficient (Wildman–Crippen LogP) is 3.53. The molecule has 0 saturated heterocycles. The van der Waals surface area contributed by atoms with Crippen molar-refractivity contribution in [2.24, 2.45) is 0 Å². The van der Waals surface area contributed by atoms with Gasteiger partial charge in [0.05, 0.1) is 4.90 Å². The highest BCUT2D eigenvalue weighted by Gasteiger charge is 2.15. The van der Waals surface area contributed by atoms with Crippen molar-refractivity contribution in [3.05, 3.63) is 77.3 Å². The lowest BCUT2D eigenvalue weighted by atomic mass is 10.1. The first kappa shape index (κ1) is 14.7. The fraction of sp³-hybridized carbons (Fsp3) is 0.0625. The van der Waals surface area contributed by atoms with Gasteiger partial charge in [-0.3, -0.25) is 4.72 Å². The summed E-state index contributed by atoms with van der Waals surface area (Å²) in [6.45, 7) is 0. The quantitative estimate of drug-likeness (QED) is 0.778. The van der Waals surface area contributed by atoms with Crippen LogP contribution < -0.4 is 4.72 Å². The summed E-state index contributed by atoms with van der Waals surface area (Å²) in [5.74, 6) is 0. The van der Waals surface area contributed by atoms with Gasteiger partial charge in [0.2, 0.25) is 0 Å². The second-order valence-corrected chi connectivity index (χ2v) is 7.51. The molecule has 0 amide bonds. The normalized spacial score (nSPS) is 11.3. The average Bonchev–Trinajstić information content (AvgIpc) is 2.95. The van der Waals surface area contributed by atoms with Gasteiger partial charge in [-0.1, -0.05) is 48.5 Å². The molecule has 0 radical (unpaired) electrons. The van der Waals surface area contributed by atoms with Crippen molar-refractivity contribution in [2.75, 3.05) is 4.72 Å². The molecule has 22 heavy (non-hydrogen) atoms. The average molecular weight is 330 g/mol. The Morgan fingerprint density at radius 3 is 2.27 bits per heavy atom. The Morgan fingerprint density at radius 2 is 1.59 bits per heavy atom. The number of thiazole rings is 1. The molecule has 0 atom stereocenters. The maximum Gasteiger partial charge on any atom is 0.263 e. The van der Waals surface area contributed by atoms with Gasteiger partial charge in [-0.05, 0) is 17.7 Å². The van der Waals surface area contributed by atoms with E-state index in [1.54, 1.807) is 36.5 Å². The minimum Gasteiger partial charge on any atom is -0.255 e. The molecular weight excluding hydrogens is 316 g/mol. The molecule has 3 aromatic rings. The minimum atomic E-state index is -3.57. The maximum absolute atomic E-state index is 12.2. The van der Waals surface area contributed by atoms with Crippen LogP contribution in [-0.2, 0) is 16.4 Å². The van der Waals surface area contributed by atoms with Crippen LogP contribution in [-0.4, -0.2) is 13.4 Å². The Labute approximate surface area is 133 Å². The lowest BCUT2D eigenvalue weighted by Gasteiger charge is -2.04. The number of nitrogens with one attached hydrogen (secondary N) is 1. The first-order valence-electron chi connectivity index (χ1n) is 6.70. The third-order valence-electron chi connectivity index (χ3n) is 3.05. The van der Waals surface area contributed by atoms with Crippen LogP contribution in [0.2, 0.25) is 0 Å². The van der Waals surface area contributed by atoms with Crippen LogP contribution in [0.3, 0.4) is 0 Å². The molecular formula is C16H14N2O2S2. The zero-order valence-electron chi connectivity index (χ0n) is 11.6. The summed E-state index contributed by atoms with van der Waals surface area (Å²) in [6, 6.07) is 18.3. The SMILES string of the molecule is O=S(=O)(Nc1ncc(Cc2ccccc2)s1)c1ccccc1. The standard InChI is InChI=1S/C16H14N2O2S2/c19-22(20,15-9-5-2-6-10-15)18-16-17-12-14(21-16)11-13-7-3-1-4-8-13/h1-10,12H,11H2,(H,17,18). The summed E-state index contributed by atoms with van der Waals surface area (Å²) >= 11 is 1.35. The Balaban J connectivity index is 1.75. The van der Waals surface area contributed by atoms with Crippen LogP contribution in [0, 0.1) is 0 Å². The van der Waals surface area contributed by atoms with Gasteiger partial charge in [0, 0.05) is 17.5 Å². The fourth-order valence-corrected chi connectivity index (χ4v) is 4.12. The number of sulfonamides is 1. The molecule has 0 bridgehead atoms. The number of benzene rings is 2. The molecule has 0 aliphatic carbocycles. The molecule has 4 nitrogen and oxygen atoms in total. The van der Waals surface area contributed by atoms with E-state index >= 15 is 0 Å².